The number of hydrogen-bond donors (Lipinski definition) is 3. The molecule has 0 saturated carbocycles. The number of carbonyl (C=O) groups excluding carboxylic acids is 3. The maximum Gasteiger partial charge on any atom is 0.242 e. The van der Waals surface area contributed by atoms with Gasteiger partial charge in [-0.3, -0.25) is 14.4 Å². The SMILES string of the molecule is CN(C)c1ccc(CC(=O)N[C@H](CCC(N)=O)C(=O)NCc2cccc(N3CCOCC3)c2)cc1. The first-order valence-corrected chi connectivity index (χ1v) is 11.8. The fourth-order valence-corrected chi connectivity index (χ4v) is 3.90. The van der Waals surface area contributed by atoms with Crippen LogP contribution in [-0.2, 0) is 32.1 Å². The van der Waals surface area contributed by atoms with Crippen molar-refractivity contribution in [3.63, 3.8) is 0 Å². The monoisotopic (exact) mass is 481 g/mol. The Balaban J connectivity index is 1.58. The fourth-order valence-electron chi connectivity index (χ4n) is 3.90. The van der Waals surface area contributed by atoms with Crippen LogP contribution in [0.5, 0.6) is 0 Å². The molecular formula is C26H35N5O4. The Morgan fingerprint density at radius 2 is 1.77 bits per heavy atom. The van der Waals surface area contributed by atoms with Crippen molar-refractivity contribution in [2.24, 2.45) is 5.73 Å². The third-order valence-corrected chi connectivity index (χ3v) is 5.90. The van der Waals surface area contributed by atoms with Gasteiger partial charge in [0.1, 0.15) is 6.04 Å². The third-order valence-electron chi connectivity index (χ3n) is 5.90. The van der Waals surface area contributed by atoms with Crippen LogP contribution in [0, 0.1) is 0 Å². The van der Waals surface area contributed by atoms with Gasteiger partial charge >= 0.3 is 0 Å². The first kappa shape index (κ1) is 26.0. The summed E-state index contributed by atoms with van der Waals surface area (Å²) in [6, 6.07) is 14.8. The quantitative estimate of drug-likeness (QED) is 0.444. The highest BCUT2D eigenvalue weighted by molar-refractivity contribution is 5.89. The first-order valence-electron chi connectivity index (χ1n) is 11.8. The van der Waals surface area contributed by atoms with Gasteiger partial charge in [-0.2, -0.15) is 0 Å². The molecule has 1 aliphatic heterocycles. The van der Waals surface area contributed by atoms with E-state index < -0.39 is 11.9 Å². The Bertz CT molecular complexity index is 1000. The van der Waals surface area contributed by atoms with Crippen molar-refractivity contribution in [1.82, 2.24) is 10.6 Å². The van der Waals surface area contributed by atoms with Crippen molar-refractivity contribution < 1.29 is 19.1 Å². The number of nitrogens with zero attached hydrogens (tertiary/aromatic N) is 2. The Hall–Kier alpha value is -3.59. The van der Waals surface area contributed by atoms with E-state index in [0.717, 1.165) is 35.6 Å². The van der Waals surface area contributed by atoms with Gasteiger partial charge in [-0.05, 0) is 41.8 Å². The zero-order valence-corrected chi connectivity index (χ0v) is 20.5. The van der Waals surface area contributed by atoms with Crippen LogP contribution >= 0.6 is 0 Å². The van der Waals surface area contributed by atoms with E-state index in [1.54, 1.807) is 0 Å². The summed E-state index contributed by atoms with van der Waals surface area (Å²) in [7, 11) is 3.89. The normalized spacial score (nSPS) is 14.2. The van der Waals surface area contributed by atoms with Crippen molar-refractivity contribution in [2.75, 3.05) is 50.2 Å². The molecule has 35 heavy (non-hydrogen) atoms. The second kappa shape index (κ2) is 12.8. The fraction of sp³-hybridized carbons (Fsp3) is 0.423. The summed E-state index contributed by atoms with van der Waals surface area (Å²) in [4.78, 5) is 41.1. The molecule has 9 heteroatoms. The van der Waals surface area contributed by atoms with E-state index >= 15 is 0 Å². The van der Waals surface area contributed by atoms with Gasteiger partial charge in [0.15, 0.2) is 0 Å². The maximum absolute atomic E-state index is 12.9. The van der Waals surface area contributed by atoms with E-state index in [0.29, 0.717) is 19.8 Å². The lowest BCUT2D eigenvalue weighted by atomic mass is 10.1. The van der Waals surface area contributed by atoms with Crippen LogP contribution in [0.25, 0.3) is 0 Å². The molecule has 3 rings (SSSR count). The molecule has 1 saturated heterocycles. The van der Waals surface area contributed by atoms with Crippen molar-refractivity contribution in [3.05, 3.63) is 59.7 Å². The zero-order chi connectivity index (χ0) is 25.2. The predicted molar refractivity (Wildman–Crippen MR) is 136 cm³/mol. The van der Waals surface area contributed by atoms with Crippen molar-refractivity contribution in [3.8, 4) is 0 Å². The predicted octanol–water partition coefficient (Wildman–Crippen LogP) is 1.20. The van der Waals surface area contributed by atoms with Gasteiger partial charge in [0.2, 0.25) is 17.7 Å². The van der Waals surface area contributed by atoms with Gasteiger partial charge in [0.25, 0.3) is 0 Å². The van der Waals surface area contributed by atoms with E-state index in [1.165, 1.54) is 0 Å². The number of nitrogens with one attached hydrogen (secondary N) is 2. The van der Waals surface area contributed by atoms with Crippen molar-refractivity contribution in [2.45, 2.75) is 31.8 Å². The number of morpholine rings is 1. The van der Waals surface area contributed by atoms with Crippen LogP contribution < -0.4 is 26.2 Å². The Labute approximate surface area is 206 Å². The van der Waals surface area contributed by atoms with Crippen LogP contribution in [0.15, 0.2) is 48.5 Å². The lowest BCUT2D eigenvalue weighted by molar-refractivity contribution is -0.129. The number of primary amides is 1. The molecule has 1 heterocycles. The average molecular weight is 482 g/mol. The number of benzene rings is 2. The van der Waals surface area contributed by atoms with Gasteiger partial charge in [0.05, 0.1) is 19.6 Å². The smallest absolute Gasteiger partial charge is 0.242 e. The lowest BCUT2D eigenvalue weighted by Crippen LogP contribution is -2.47. The van der Waals surface area contributed by atoms with Crippen LogP contribution in [0.2, 0.25) is 0 Å². The Kier molecular flexibility index (Phi) is 9.48. The van der Waals surface area contributed by atoms with Crippen LogP contribution in [0.4, 0.5) is 11.4 Å². The molecule has 188 valence electrons. The van der Waals surface area contributed by atoms with Crippen LogP contribution in [0.3, 0.4) is 0 Å². The summed E-state index contributed by atoms with van der Waals surface area (Å²) in [5.74, 6) is -1.16. The molecule has 0 spiro atoms. The summed E-state index contributed by atoms with van der Waals surface area (Å²) >= 11 is 0. The summed E-state index contributed by atoms with van der Waals surface area (Å²) in [5.41, 5.74) is 9.18. The van der Waals surface area contributed by atoms with Crippen molar-refractivity contribution >= 4 is 29.1 Å². The number of hydrogen-bond acceptors (Lipinski definition) is 6. The second-order valence-electron chi connectivity index (χ2n) is 8.85. The van der Waals surface area contributed by atoms with E-state index in [4.69, 9.17) is 10.5 Å². The molecule has 0 aromatic heterocycles. The van der Waals surface area contributed by atoms with Gasteiger partial charge < -0.3 is 30.9 Å². The van der Waals surface area contributed by atoms with Gasteiger partial charge in [-0.15, -0.1) is 0 Å². The second-order valence-corrected chi connectivity index (χ2v) is 8.85. The van der Waals surface area contributed by atoms with E-state index in [9.17, 15) is 14.4 Å². The average Bonchev–Trinajstić information content (AvgIpc) is 2.86. The molecule has 3 amide bonds. The van der Waals surface area contributed by atoms with Gasteiger partial charge in [-0.1, -0.05) is 24.3 Å². The molecule has 1 atom stereocenters. The van der Waals surface area contributed by atoms with E-state index in [-0.39, 0.29) is 31.1 Å². The number of ether oxygens (including phenoxy) is 1. The van der Waals surface area contributed by atoms with Crippen molar-refractivity contribution in [1.29, 1.82) is 0 Å². The summed E-state index contributed by atoms with van der Waals surface area (Å²) in [6.07, 6.45) is 0.276. The van der Waals surface area contributed by atoms with E-state index in [2.05, 4.69) is 15.5 Å². The van der Waals surface area contributed by atoms with Gasteiger partial charge in [-0.25, -0.2) is 0 Å². The summed E-state index contributed by atoms with van der Waals surface area (Å²) in [6.45, 7) is 3.36. The molecule has 2 aromatic rings. The summed E-state index contributed by atoms with van der Waals surface area (Å²) in [5, 5.41) is 5.65. The number of rotatable bonds is 11. The minimum absolute atomic E-state index is 0.00240. The molecule has 9 nitrogen and oxygen atoms in total. The molecule has 0 bridgehead atoms. The minimum atomic E-state index is -0.849. The molecule has 1 fully saturated rings. The minimum Gasteiger partial charge on any atom is -0.378 e. The highest BCUT2D eigenvalue weighted by Gasteiger charge is 2.21. The number of carbonyl (C=O) groups is 3. The number of amides is 3. The highest BCUT2D eigenvalue weighted by atomic mass is 16.5. The Morgan fingerprint density at radius 3 is 2.43 bits per heavy atom. The molecule has 0 aliphatic carbocycles. The molecule has 4 N–H and O–H groups in total. The van der Waals surface area contributed by atoms with E-state index in [1.807, 2.05) is 67.5 Å². The number of nitrogens with two attached hydrogens (primary N) is 1. The van der Waals surface area contributed by atoms with Crippen LogP contribution in [-0.4, -0.2) is 64.2 Å². The first-order chi connectivity index (χ1) is 16.8. The molecule has 0 radical (unpaired) electrons. The van der Waals surface area contributed by atoms with Gasteiger partial charge in [0, 0.05) is 51.5 Å². The third kappa shape index (κ3) is 8.29. The Morgan fingerprint density at radius 1 is 1.06 bits per heavy atom. The molecule has 2 aromatic carbocycles. The lowest BCUT2D eigenvalue weighted by Gasteiger charge is -2.29. The topological polar surface area (TPSA) is 117 Å². The molecule has 0 unspecified atom stereocenters. The standard InChI is InChI=1S/C26H35N5O4/c1-30(2)21-8-6-19(7-9-21)17-25(33)29-23(10-11-24(27)32)26(34)28-18-20-4-3-5-22(16-20)31-12-14-35-15-13-31/h3-9,16,23H,10-15,17-18H2,1-2H3,(H2,27,32)(H,28,34)(H,29,33)/t23-/m1/s1. The molecule has 1 aliphatic rings. The maximum atomic E-state index is 12.9. The largest absolute Gasteiger partial charge is 0.378 e. The zero-order valence-electron chi connectivity index (χ0n) is 20.5. The van der Waals surface area contributed by atoms with Crippen LogP contribution in [0.1, 0.15) is 24.0 Å². The molecular weight excluding hydrogens is 446 g/mol. The summed E-state index contributed by atoms with van der Waals surface area (Å²) < 4.78 is 5.41. The highest BCUT2D eigenvalue weighted by Crippen LogP contribution is 2.18. The number of anilines is 2.